The van der Waals surface area contributed by atoms with Crippen LogP contribution in [-0.4, -0.2) is 66.6 Å². The SMILES string of the molecule is C[C@@H]1CN(c2c([N+](=O)[O-])cnc3cc(Br)c(Cl)cc23)[C@@H](CO[Si](C)(C)C(C)(C)C)CN1C(=O)OC(C)(C)C. The fraction of sp³-hybridized carbons (Fsp3) is 0.615. The molecule has 0 saturated carbocycles. The number of hydrogen-bond acceptors (Lipinski definition) is 7. The van der Waals surface area contributed by atoms with Gasteiger partial charge in [-0.2, -0.15) is 0 Å². The first kappa shape index (κ1) is 30.6. The average Bonchev–Trinajstić information content (AvgIpc) is 2.76. The van der Waals surface area contributed by atoms with Crippen molar-refractivity contribution in [3.63, 3.8) is 0 Å². The molecule has 0 spiro atoms. The van der Waals surface area contributed by atoms with Gasteiger partial charge in [0.1, 0.15) is 17.5 Å². The van der Waals surface area contributed by atoms with Crippen LogP contribution in [0.15, 0.2) is 22.8 Å². The second-order valence-corrected chi connectivity index (χ2v) is 18.5. The minimum Gasteiger partial charge on any atom is -0.444 e. The molecule has 0 bridgehead atoms. The fourth-order valence-corrected chi connectivity index (χ4v) is 5.69. The number of benzene rings is 1. The van der Waals surface area contributed by atoms with Crippen molar-refractivity contribution in [3.8, 4) is 0 Å². The van der Waals surface area contributed by atoms with E-state index in [-0.39, 0.29) is 29.4 Å². The lowest BCUT2D eigenvalue weighted by molar-refractivity contribution is -0.384. The van der Waals surface area contributed by atoms with E-state index in [9.17, 15) is 14.9 Å². The number of pyridine rings is 1. The van der Waals surface area contributed by atoms with Gasteiger partial charge in [0.15, 0.2) is 8.32 Å². The average molecular weight is 630 g/mol. The summed E-state index contributed by atoms with van der Waals surface area (Å²) in [6.07, 6.45) is 0.873. The quantitative estimate of drug-likeness (QED) is 0.193. The van der Waals surface area contributed by atoms with E-state index < -0.39 is 24.9 Å². The predicted molar refractivity (Wildman–Crippen MR) is 158 cm³/mol. The summed E-state index contributed by atoms with van der Waals surface area (Å²) in [5, 5.41) is 13.2. The van der Waals surface area contributed by atoms with Crippen LogP contribution in [0.2, 0.25) is 23.2 Å². The number of ether oxygens (including phenoxy) is 1. The van der Waals surface area contributed by atoms with E-state index in [1.54, 1.807) is 17.0 Å². The maximum absolute atomic E-state index is 13.2. The van der Waals surface area contributed by atoms with Crippen LogP contribution in [0.25, 0.3) is 10.9 Å². The molecule has 1 fully saturated rings. The molecule has 0 aliphatic carbocycles. The molecule has 1 aliphatic rings. The highest BCUT2D eigenvalue weighted by Crippen LogP contribution is 2.42. The van der Waals surface area contributed by atoms with Crippen molar-refractivity contribution in [1.29, 1.82) is 0 Å². The van der Waals surface area contributed by atoms with E-state index in [1.165, 1.54) is 6.20 Å². The van der Waals surface area contributed by atoms with Gasteiger partial charge < -0.3 is 19.0 Å². The Morgan fingerprint density at radius 2 is 1.87 bits per heavy atom. The van der Waals surface area contributed by atoms with Gasteiger partial charge in [-0.05, 0) is 73.9 Å². The van der Waals surface area contributed by atoms with Crippen molar-refractivity contribution in [2.75, 3.05) is 24.6 Å². The number of carbonyl (C=O) groups excluding carboxylic acids is 1. The molecular weight excluding hydrogens is 592 g/mol. The highest BCUT2D eigenvalue weighted by atomic mass is 79.9. The number of carbonyl (C=O) groups is 1. The minimum absolute atomic E-state index is 0.0280. The smallest absolute Gasteiger partial charge is 0.410 e. The molecule has 2 atom stereocenters. The number of piperazine rings is 1. The van der Waals surface area contributed by atoms with Crippen LogP contribution in [0.3, 0.4) is 0 Å². The van der Waals surface area contributed by atoms with E-state index >= 15 is 0 Å². The molecule has 0 unspecified atom stereocenters. The number of halogens is 2. The van der Waals surface area contributed by atoms with E-state index in [0.29, 0.717) is 39.2 Å². The number of aromatic nitrogens is 1. The second-order valence-electron chi connectivity index (χ2n) is 12.4. The molecule has 9 nitrogen and oxygen atoms in total. The van der Waals surface area contributed by atoms with E-state index in [1.807, 2.05) is 32.6 Å². The van der Waals surface area contributed by atoms with Gasteiger partial charge >= 0.3 is 11.8 Å². The normalized spacial score (nSPS) is 19.1. The van der Waals surface area contributed by atoms with Crippen LogP contribution < -0.4 is 4.90 Å². The van der Waals surface area contributed by atoms with Crippen LogP contribution >= 0.6 is 27.5 Å². The summed E-state index contributed by atoms with van der Waals surface area (Å²) in [7, 11) is -2.16. The number of nitrogens with zero attached hydrogens (tertiary/aromatic N) is 4. The molecule has 1 aliphatic heterocycles. The molecule has 0 N–H and O–H groups in total. The first-order valence-corrected chi connectivity index (χ1v) is 16.7. The van der Waals surface area contributed by atoms with Crippen LogP contribution in [0, 0.1) is 10.1 Å². The summed E-state index contributed by atoms with van der Waals surface area (Å²) in [5.41, 5.74) is 0.235. The highest BCUT2D eigenvalue weighted by Gasteiger charge is 2.42. The van der Waals surface area contributed by atoms with E-state index in [4.69, 9.17) is 20.8 Å². The number of fused-ring (bicyclic) bond motifs is 1. The Labute approximate surface area is 239 Å². The molecule has 12 heteroatoms. The lowest BCUT2D eigenvalue weighted by atomic mass is 10.0. The van der Waals surface area contributed by atoms with Gasteiger partial charge in [-0.3, -0.25) is 10.1 Å². The molecule has 1 saturated heterocycles. The lowest BCUT2D eigenvalue weighted by Gasteiger charge is -2.47. The standard InChI is InChI=1S/C26H38BrClN4O5Si/c1-16-13-31(23-18-10-20(28)19(27)11-21(18)29-12-22(23)32(34)35)17(15-36-38(8,9)26(5,6)7)14-30(16)24(33)37-25(2,3)4/h10-12,16-17H,13-15H2,1-9H3/t16-,17-/m1/s1. The fourth-order valence-electron chi connectivity index (χ4n) is 4.15. The van der Waals surface area contributed by atoms with Crippen molar-refractivity contribution in [3.05, 3.63) is 37.9 Å². The summed E-state index contributed by atoms with van der Waals surface area (Å²) in [6.45, 7) is 19.2. The van der Waals surface area contributed by atoms with Crippen molar-refractivity contribution >= 4 is 64.2 Å². The summed E-state index contributed by atoms with van der Waals surface area (Å²) in [4.78, 5) is 33.0. The Bertz CT molecular complexity index is 1230. The van der Waals surface area contributed by atoms with Gasteiger partial charge in [0.2, 0.25) is 0 Å². The van der Waals surface area contributed by atoms with Crippen LogP contribution in [0.5, 0.6) is 0 Å². The first-order chi connectivity index (χ1) is 17.3. The van der Waals surface area contributed by atoms with Crippen LogP contribution in [0.4, 0.5) is 16.2 Å². The van der Waals surface area contributed by atoms with Gasteiger partial charge in [-0.25, -0.2) is 9.78 Å². The predicted octanol–water partition coefficient (Wildman–Crippen LogP) is 7.39. The third kappa shape index (κ3) is 6.60. The number of anilines is 1. The maximum Gasteiger partial charge on any atom is 0.410 e. The summed E-state index contributed by atoms with van der Waals surface area (Å²) in [5.74, 6) is 0. The molecule has 1 aromatic carbocycles. The van der Waals surface area contributed by atoms with Gasteiger partial charge in [0.25, 0.3) is 0 Å². The van der Waals surface area contributed by atoms with Crippen molar-refractivity contribution in [2.24, 2.45) is 0 Å². The zero-order valence-electron chi connectivity index (χ0n) is 23.6. The number of nitro groups is 1. The Morgan fingerprint density at radius 3 is 2.42 bits per heavy atom. The second kappa shape index (κ2) is 10.9. The molecule has 1 aromatic heterocycles. The molecule has 38 heavy (non-hydrogen) atoms. The molecule has 1 amide bonds. The third-order valence-corrected chi connectivity index (χ3v) is 13.0. The summed E-state index contributed by atoms with van der Waals surface area (Å²) in [6, 6.07) is 2.82. The Morgan fingerprint density at radius 1 is 1.24 bits per heavy atom. The molecule has 2 aromatic rings. The molecule has 2 heterocycles. The molecule has 3 rings (SSSR count). The summed E-state index contributed by atoms with van der Waals surface area (Å²) < 4.78 is 12.9. The Hall–Kier alpha value is -1.95. The van der Waals surface area contributed by atoms with Crippen molar-refractivity contribution in [2.45, 2.75) is 84.3 Å². The summed E-state index contributed by atoms with van der Waals surface area (Å²) >= 11 is 9.87. The highest BCUT2D eigenvalue weighted by molar-refractivity contribution is 9.10. The number of amides is 1. The number of hydrogen-bond donors (Lipinski definition) is 0. The molecule has 0 radical (unpaired) electrons. The Balaban J connectivity index is 2.13. The minimum atomic E-state index is -2.16. The number of rotatable bonds is 5. The van der Waals surface area contributed by atoms with Gasteiger partial charge in [-0.15, -0.1) is 0 Å². The van der Waals surface area contributed by atoms with Crippen molar-refractivity contribution < 1.29 is 18.9 Å². The zero-order valence-corrected chi connectivity index (χ0v) is 26.9. The lowest BCUT2D eigenvalue weighted by Crippen LogP contribution is -2.62. The van der Waals surface area contributed by atoms with Crippen LogP contribution in [-0.2, 0) is 9.16 Å². The van der Waals surface area contributed by atoms with Gasteiger partial charge in [-0.1, -0.05) is 32.4 Å². The topological polar surface area (TPSA) is 98.0 Å². The largest absolute Gasteiger partial charge is 0.444 e. The van der Waals surface area contributed by atoms with E-state index in [0.717, 1.165) is 0 Å². The maximum atomic E-state index is 13.2. The van der Waals surface area contributed by atoms with E-state index in [2.05, 4.69) is 54.8 Å². The third-order valence-electron chi connectivity index (χ3n) is 7.26. The van der Waals surface area contributed by atoms with Gasteiger partial charge in [0.05, 0.1) is 28.1 Å². The zero-order chi connectivity index (χ0) is 28.8. The first-order valence-electron chi connectivity index (χ1n) is 12.6. The van der Waals surface area contributed by atoms with Crippen molar-refractivity contribution in [1.82, 2.24) is 9.88 Å². The molecule has 210 valence electrons. The Kier molecular flexibility index (Phi) is 8.77. The van der Waals surface area contributed by atoms with Gasteiger partial charge in [0, 0.05) is 29.0 Å². The molecular formula is C26H38BrClN4O5Si. The monoisotopic (exact) mass is 628 g/mol. The van der Waals surface area contributed by atoms with Crippen LogP contribution in [0.1, 0.15) is 48.5 Å².